The minimum absolute atomic E-state index is 0.287. The van der Waals surface area contributed by atoms with Crippen LogP contribution in [0.25, 0.3) is 0 Å². The lowest BCUT2D eigenvalue weighted by atomic mass is 10.1. The molecule has 2 aromatic carbocycles. The van der Waals surface area contributed by atoms with Gasteiger partial charge in [-0.15, -0.1) is 0 Å². The molecule has 3 heterocycles. The van der Waals surface area contributed by atoms with Gasteiger partial charge in [0.15, 0.2) is 29.2 Å². The molecule has 8 heteroatoms. The number of methoxy groups -OCH3 is 2. The van der Waals surface area contributed by atoms with Crippen molar-refractivity contribution >= 4 is 5.97 Å². The SMILES string of the molecule is COc1ccc2c(c1OC)C(=O)OC2N1CCN(Cc2ccc3c(c2)OCO3)CC1. The molecule has 1 fully saturated rings. The molecule has 0 N–H and O–H groups in total. The van der Waals surface area contributed by atoms with Gasteiger partial charge in [0.2, 0.25) is 6.79 Å². The monoisotopic (exact) mass is 412 g/mol. The van der Waals surface area contributed by atoms with Gasteiger partial charge in [-0.3, -0.25) is 9.80 Å². The number of hydrogen-bond donors (Lipinski definition) is 0. The van der Waals surface area contributed by atoms with Gasteiger partial charge >= 0.3 is 5.97 Å². The van der Waals surface area contributed by atoms with Crippen LogP contribution in [-0.2, 0) is 11.3 Å². The van der Waals surface area contributed by atoms with Crippen molar-refractivity contribution in [3.8, 4) is 23.0 Å². The zero-order valence-electron chi connectivity index (χ0n) is 17.1. The zero-order chi connectivity index (χ0) is 20.7. The molecule has 1 unspecified atom stereocenters. The van der Waals surface area contributed by atoms with E-state index in [9.17, 15) is 4.79 Å². The van der Waals surface area contributed by atoms with E-state index in [0.29, 0.717) is 17.1 Å². The fourth-order valence-corrected chi connectivity index (χ4v) is 4.31. The number of rotatable bonds is 5. The van der Waals surface area contributed by atoms with Crippen molar-refractivity contribution in [1.82, 2.24) is 9.80 Å². The smallest absolute Gasteiger partial charge is 0.344 e. The van der Waals surface area contributed by atoms with Crippen LogP contribution in [-0.4, -0.2) is 63.0 Å². The first-order valence-electron chi connectivity index (χ1n) is 9.98. The number of piperazine rings is 1. The van der Waals surface area contributed by atoms with E-state index < -0.39 is 0 Å². The third-order valence-electron chi connectivity index (χ3n) is 5.85. The number of carbonyl (C=O) groups is 1. The quantitative estimate of drug-likeness (QED) is 0.694. The molecule has 2 aromatic rings. The highest BCUT2D eigenvalue weighted by Gasteiger charge is 2.39. The van der Waals surface area contributed by atoms with Crippen LogP contribution in [0.2, 0.25) is 0 Å². The Morgan fingerprint density at radius 3 is 2.57 bits per heavy atom. The van der Waals surface area contributed by atoms with Crippen molar-refractivity contribution in [3.63, 3.8) is 0 Å². The van der Waals surface area contributed by atoms with Crippen LogP contribution < -0.4 is 18.9 Å². The molecule has 0 bridgehead atoms. The number of esters is 1. The highest BCUT2D eigenvalue weighted by Crippen LogP contribution is 2.43. The summed E-state index contributed by atoms with van der Waals surface area (Å²) >= 11 is 0. The second kappa shape index (κ2) is 7.70. The number of ether oxygens (including phenoxy) is 5. The third-order valence-corrected chi connectivity index (χ3v) is 5.85. The predicted molar refractivity (Wildman–Crippen MR) is 107 cm³/mol. The third kappa shape index (κ3) is 3.22. The van der Waals surface area contributed by atoms with Gasteiger partial charge in [-0.05, 0) is 29.8 Å². The Morgan fingerprint density at radius 1 is 1.00 bits per heavy atom. The molecule has 0 spiro atoms. The first kappa shape index (κ1) is 19.0. The Balaban J connectivity index is 1.26. The van der Waals surface area contributed by atoms with Crippen molar-refractivity contribution in [1.29, 1.82) is 0 Å². The molecule has 30 heavy (non-hydrogen) atoms. The lowest BCUT2D eigenvalue weighted by molar-refractivity contribution is -0.0419. The molecule has 0 radical (unpaired) electrons. The largest absolute Gasteiger partial charge is 0.493 e. The summed E-state index contributed by atoms with van der Waals surface area (Å²) in [5.74, 6) is 2.21. The molecule has 3 aliphatic rings. The maximum absolute atomic E-state index is 12.5. The van der Waals surface area contributed by atoms with Crippen LogP contribution in [0, 0.1) is 0 Å². The second-order valence-corrected chi connectivity index (χ2v) is 7.52. The highest BCUT2D eigenvalue weighted by atomic mass is 16.7. The summed E-state index contributed by atoms with van der Waals surface area (Å²) in [6.07, 6.45) is -0.389. The van der Waals surface area contributed by atoms with Gasteiger partial charge in [-0.1, -0.05) is 6.07 Å². The van der Waals surface area contributed by atoms with Crippen LogP contribution in [0.3, 0.4) is 0 Å². The fourth-order valence-electron chi connectivity index (χ4n) is 4.31. The van der Waals surface area contributed by atoms with Crippen molar-refractivity contribution in [2.24, 2.45) is 0 Å². The van der Waals surface area contributed by atoms with Crippen LogP contribution >= 0.6 is 0 Å². The molecule has 0 aliphatic carbocycles. The molecule has 5 rings (SSSR count). The number of cyclic esters (lactones) is 1. The summed E-state index contributed by atoms with van der Waals surface area (Å²) in [6, 6.07) is 9.80. The lowest BCUT2D eigenvalue weighted by Gasteiger charge is -2.37. The van der Waals surface area contributed by atoms with Gasteiger partial charge < -0.3 is 23.7 Å². The Labute approximate surface area is 174 Å². The highest BCUT2D eigenvalue weighted by molar-refractivity contribution is 5.98. The summed E-state index contributed by atoms with van der Waals surface area (Å²) in [7, 11) is 3.09. The Morgan fingerprint density at radius 2 is 1.80 bits per heavy atom. The van der Waals surface area contributed by atoms with Crippen LogP contribution in [0.5, 0.6) is 23.0 Å². The summed E-state index contributed by atoms with van der Waals surface area (Å²) in [5, 5.41) is 0. The van der Waals surface area contributed by atoms with Gasteiger partial charge in [0.25, 0.3) is 0 Å². The number of benzene rings is 2. The molecule has 3 aliphatic heterocycles. The topological polar surface area (TPSA) is 69.7 Å². The molecule has 1 saturated heterocycles. The van der Waals surface area contributed by atoms with Gasteiger partial charge in [-0.25, -0.2) is 4.79 Å². The number of fused-ring (bicyclic) bond motifs is 2. The fraction of sp³-hybridized carbons (Fsp3) is 0.409. The van der Waals surface area contributed by atoms with Gasteiger partial charge in [-0.2, -0.15) is 0 Å². The summed E-state index contributed by atoms with van der Waals surface area (Å²) in [5.41, 5.74) is 2.49. The van der Waals surface area contributed by atoms with Crippen LogP contribution in [0.1, 0.15) is 27.7 Å². The van der Waals surface area contributed by atoms with E-state index in [1.165, 1.54) is 12.7 Å². The van der Waals surface area contributed by atoms with Crippen LogP contribution in [0.4, 0.5) is 0 Å². The predicted octanol–water partition coefficient (Wildman–Crippen LogP) is 2.42. The molecule has 0 amide bonds. The van der Waals surface area contributed by atoms with Crippen molar-refractivity contribution in [2.45, 2.75) is 12.8 Å². The van der Waals surface area contributed by atoms with Gasteiger partial charge in [0.1, 0.15) is 5.56 Å². The van der Waals surface area contributed by atoms with Crippen molar-refractivity contribution < 1.29 is 28.5 Å². The molecular weight excluding hydrogens is 388 g/mol. The molecule has 8 nitrogen and oxygen atoms in total. The summed E-state index contributed by atoms with van der Waals surface area (Å²) in [6.45, 7) is 4.50. The average molecular weight is 412 g/mol. The van der Waals surface area contributed by atoms with E-state index in [1.54, 1.807) is 7.11 Å². The number of hydrogen-bond acceptors (Lipinski definition) is 8. The maximum Gasteiger partial charge on any atom is 0.344 e. The Bertz CT molecular complexity index is 970. The Hall–Kier alpha value is -2.97. The molecule has 158 valence electrons. The van der Waals surface area contributed by atoms with E-state index in [4.69, 9.17) is 23.7 Å². The van der Waals surface area contributed by atoms with Crippen molar-refractivity contribution in [2.75, 3.05) is 47.2 Å². The zero-order valence-corrected chi connectivity index (χ0v) is 17.1. The minimum atomic E-state index is -0.389. The summed E-state index contributed by atoms with van der Waals surface area (Å²) in [4.78, 5) is 17.1. The minimum Gasteiger partial charge on any atom is -0.493 e. The lowest BCUT2D eigenvalue weighted by Crippen LogP contribution is -2.47. The van der Waals surface area contributed by atoms with Gasteiger partial charge in [0, 0.05) is 38.3 Å². The molecular formula is C22H24N2O6. The molecule has 1 atom stereocenters. The Kier molecular flexibility index (Phi) is 4.88. The first-order chi connectivity index (χ1) is 14.7. The average Bonchev–Trinajstić information content (AvgIpc) is 3.37. The first-order valence-corrected chi connectivity index (χ1v) is 9.98. The number of nitrogens with zero attached hydrogens (tertiary/aromatic N) is 2. The molecule has 0 saturated carbocycles. The van der Waals surface area contributed by atoms with E-state index in [1.807, 2.05) is 24.3 Å². The second-order valence-electron chi connectivity index (χ2n) is 7.52. The molecule has 0 aromatic heterocycles. The van der Waals surface area contributed by atoms with E-state index >= 15 is 0 Å². The van der Waals surface area contributed by atoms with Crippen LogP contribution in [0.15, 0.2) is 30.3 Å². The summed E-state index contributed by atoms with van der Waals surface area (Å²) < 4.78 is 27.3. The van der Waals surface area contributed by atoms with Gasteiger partial charge in [0.05, 0.1) is 14.2 Å². The van der Waals surface area contributed by atoms with E-state index in [0.717, 1.165) is 49.8 Å². The van der Waals surface area contributed by atoms with E-state index in [-0.39, 0.29) is 19.0 Å². The standard InChI is InChI=1S/C22H24N2O6/c1-26-17-6-4-15-19(20(17)27-2)22(25)30-21(15)24-9-7-23(8-10-24)12-14-3-5-16-18(11-14)29-13-28-16/h3-6,11,21H,7-10,12-13H2,1-2H3. The number of carbonyl (C=O) groups excluding carboxylic acids is 1. The normalized spacial score (nSPS) is 20.7. The van der Waals surface area contributed by atoms with E-state index in [2.05, 4.69) is 15.9 Å². The maximum atomic E-state index is 12.5. The van der Waals surface area contributed by atoms with Crippen molar-refractivity contribution in [3.05, 3.63) is 47.0 Å².